The van der Waals surface area contributed by atoms with Crippen LogP contribution in [0.5, 0.6) is 0 Å². The summed E-state index contributed by atoms with van der Waals surface area (Å²) in [6.45, 7) is 0. The third-order valence-electron chi connectivity index (χ3n) is 3.97. The third kappa shape index (κ3) is 3.34. The minimum Gasteiger partial charge on any atom is -0.325 e. The van der Waals surface area contributed by atoms with Crippen molar-refractivity contribution in [1.29, 1.82) is 0 Å². The Morgan fingerprint density at radius 2 is 1.81 bits per heavy atom. The molecule has 5 nitrogen and oxygen atoms in total. The molecule has 4 rings (SSSR count). The Kier molecular flexibility index (Phi) is 4.44. The molecule has 7 heteroatoms. The molecule has 0 aliphatic carbocycles. The van der Waals surface area contributed by atoms with Crippen LogP contribution in [0.1, 0.15) is 0 Å². The summed E-state index contributed by atoms with van der Waals surface area (Å²) in [5.74, 6) is 0.128. The van der Waals surface area contributed by atoms with E-state index in [1.165, 1.54) is 11.8 Å². The van der Waals surface area contributed by atoms with Gasteiger partial charge in [-0.05, 0) is 35.7 Å². The van der Waals surface area contributed by atoms with Crippen molar-refractivity contribution in [3.05, 3.63) is 70.1 Å². The lowest BCUT2D eigenvalue weighted by Gasteiger charge is -2.09. The number of nitrogens with one attached hydrogen (secondary N) is 3. The van der Waals surface area contributed by atoms with Crippen molar-refractivity contribution in [2.45, 2.75) is 4.90 Å². The van der Waals surface area contributed by atoms with E-state index in [9.17, 15) is 9.59 Å². The lowest BCUT2D eigenvalue weighted by molar-refractivity contribution is -0.113. The number of benzene rings is 3. The first-order chi connectivity index (χ1) is 12.6. The molecule has 1 aromatic heterocycles. The Hall–Kier alpha value is -2.70. The number of aromatic nitrogens is 2. The molecule has 1 heterocycles. The van der Waals surface area contributed by atoms with Crippen LogP contribution < -0.4 is 11.0 Å². The highest BCUT2D eigenvalue weighted by Gasteiger charge is 2.09. The van der Waals surface area contributed by atoms with Gasteiger partial charge < -0.3 is 15.3 Å². The summed E-state index contributed by atoms with van der Waals surface area (Å²) in [7, 11) is 0. The molecule has 0 unspecified atom stereocenters. The van der Waals surface area contributed by atoms with Gasteiger partial charge in [0.25, 0.3) is 0 Å². The molecule has 1 amide bonds. The summed E-state index contributed by atoms with van der Waals surface area (Å²) in [5, 5.41) is 5.53. The van der Waals surface area contributed by atoms with Gasteiger partial charge in [0.05, 0.1) is 16.8 Å². The Morgan fingerprint density at radius 3 is 2.65 bits per heavy atom. The number of carbonyl (C=O) groups excluding carboxylic acids is 1. The van der Waals surface area contributed by atoms with Gasteiger partial charge in [0, 0.05) is 21.0 Å². The minimum absolute atomic E-state index is 0.128. The third-order valence-corrected chi connectivity index (χ3v) is 5.35. The molecule has 0 bridgehead atoms. The van der Waals surface area contributed by atoms with Crippen LogP contribution in [0.15, 0.2) is 64.3 Å². The predicted octanol–water partition coefficient (Wildman–Crippen LogP) is 4.39. The minimum atomic E-state index is -0.271. The molecule has 4 aromatic rings. The van der Waals surface area contributed by atoms with E-state index in [4.69, 9.17) is 11.6 Å². The molecule has 0 aliphatic heterocycles. The number of imidazole rings is 1. The molecule has 0 atom stereocenters. The summed E-state index contributed by atoms with van der Waals surface area (Å²) >= 11 is 7.76. The van der Waals surface area contributed by atoms with Crippen LogP contribution in [0.2, 0.25) is 5.02 Å². The first-order valence-electron chi connectivity index (χ1n) is 7.92. The standard InChI is InChI=1S/C19H14ClN3O2S/c20-13-5-1-3-11-4-2-6-16(18(11)13)26-10-17(24)21-12-7-8-14-15(9-12)23-19(25)22-14/h1-9H,10H2,(H,21,24)(H2,22,23,25). The topological polar surface area (TPSA) is 77.8 Å². The number of amides is 1. The average molecular weight is 384 g/mol. The summed E-state index contributed by atoms with van der Waals surface area (Å²) in [4.78, 5) is 29.9. The van der Waals surface area contributed by atoms with Crippen molar-refractivity contribution in [1.82, 2.24) is 9.97 Å². The van der Waals surface area contributed by atoms with Gasteiger partial charge in [-0.15, -0.1) is 11.8 Å². The molecule has 0 saturated carbocycles. The Balaban J connectivity index is 1.49. The largest absolute Gasteiger partial charge is 0.325 e. The first-order valence-corrected chi connectivity index (χ1v) is 9.28. The van der Waals surface area contributed by atoms with E-state index in [0.29, 0.717) is 21.7 Å². The average Bonchev–Trinajstić information content (AvgIpc) is 2.99. The fourth-order valence-corrected chi connectivity index (χ4v) is 4.08. The molecule has 0 radical (unpaired) electrons. The van der Waals surface area contributed by atoms with Crippen molar-refractivity contribution >= 4 is 56.8 Å². The van der Waals surface area contributed by atoms with Crippen molar-refractivity contribution in [3.8, 4) is 0 Å². The van der Waals surface area contributed by atoms with Gasteiger partial charge in [-0.2, -0.15) is 0 Å². The molecule has 0 spiro atoms. The fraction of sp³-hybridized carbons (Fsp3) is 0.0526. The van der Waals surface area contributed by atoms with E-state index < -0.39 is 0 Å². The summed E-state index contributed by atoms with van der Waals surface area (Å²) in [6, 6.07) is 16.9. The number of anilines is 1. The predicted molar refractivity (Wildman–Crippen MR) is 107 cm³/mol. The maximum absolute atomic E-state index is 12.3. The number of hydrogen-bond acceptors (Lipinski definition) is 3. The number of thioether (sulfide) groups is 1. The molecular weight excluding hydrogens is 370 g/mol. The Labute approximate surface area is 157 Å². The van der Waals surface area contributed by atoms with Gasteiger partial charge in [-0.3, -0.25) is 4.79 Å². The van der Waals surface area contributed by atoms with E-state index in [-0.39, 0.29) is 17.3 Å². The number of H-pyrrole nitrogens is 2. The second-order valence-electron chi connectivity index (χ2n) is 5.77. The van der Waals surface area contributed by atoms with Crippen molar-refractivity contribution < 1.29 is 4.79 Å². The highest BCUT2D eigenvalue weighted by molar-refractivity contribution is 8.00. The maximum atomic E-state index is 12.3. The second kappa shape index (κ2) is 6.90. The van der Waals surface area contributed by atoms with Crippen LogP contribution in [0.3, 0.4) is 0 Å². The van der Waals surface area contributed by atoms with Gasteiger partial charge in [0.2, 0.25) is 5.91 Å². The molecule has 0 aliphatic rings. The first kappa shape index (κ1) is 16.8. The molecule has 0 saturated heterocycles. The van der Waals surface area contributed by atoms with Crippen molar-refractivity contribution in [3.63, 3.8) is 0 Å². The van der Waals surface area contributed by atoms with E-state index in [2.05, 4.69) is 15.3 Å². The van der Waals surface area contributed by atoms with E-state index in [1.54, 1.807) is 18.2 Å². The number of carbonyl (C=O) groups is 1. The van der Waals surface area contributed by atoms with Crippen molar-refractivity contribution in [2.75, 3.05) is 11.1 Å². The monoisotopic (exact) mass is 383 g/mol. The smallest absolute Gasteiger partial charge is 0.323 e. The lowest BCUT2D eigenvalue weighted by Crippen LogP contribution is -2.13. The number of fused-ring (bicyclic) bond motifs is 2. The highest BCUT2D eigenvalue weighted by atomic mass is 35.5. The van der Waals surface area contributed by atoms with Crippen LogP contribution in [0.4, 0.5) is 5.69 Å². The number of halogens is 1. The van der Waals surface area contributed by atoms with E-state index in [0.717, 1.165) is 15.7 Å². The van der Waals surface area contributed by atoms with E-state index in [1.807, 2.05) is 36.4 Å². The van der Waals surface area contributed by atoms with Gasteiger partial charge in [0.15, 0.2) is 0 Å². The summed E-state index contributed by atoms with van der Waals surface area (Å²) < 4.78 is 0. The zero-order chi connectivity index (χ0) is 18.1. The van der Waals surface area contributed by atoms with Crippen LogP contribution >= 0.6 is 23.4 Å². The van der Waals surface area contributed by atoms with Crippen molar-refractivity contribution in [2.24, 2.45) is 0 Å². The Bertz CT molecular complexity index is 1180. The second-order valence-corrected chi connectivity index (χ2v) is 7.19. The number of rotatable bonds is 4. The number of aromatic amines is 2. The van der Waals surface area contributed by atoms with Gasteiger partial charge in [-0.25, -0.2) is 4.79 Å². The Morgan fingerprint density at radius 1 is 1.04 bits per heavy atom. The normalized spacial score (nSPS) is 11.1. The van der Waals surface area contributed by atoms with Crippen LogP contribution in [0, 0.1) is 0 Å². The quantitative estimate of drug-likeness (QED) is 0.457. The maximum Gasteiger partial charge on any atom is 0.323 e. The van der Waals surface area contributed by atoms with Gasteiger partial charge >= 0.3 is 5.69 Å². The fourth-order valence-electron chi connectivity index (χ4n) is 2.83. The molecule has 26 heavy (non-hydrogen) atoms. The highest BCUT2D eigenvalue weighted by Crippen LogP contribution is 2.33. The van der Waals surface area contributed by atoms with Crippen LogP contribution in [-0.4, -0.2) is 21.6 Å². The summed E-state index contributed by atoms with van der Waals surface area (Å²) in [6.07, 6.45) is 0. The van der Waals surface area contributed by atoms with Gasteiger partial charge in [-0.1, -0.05) is 35.9 Å². The van der Waals surface area contributed by atoms with Gasteiger partial charge in [0.1, 0.15) is 0 Å². The van der Waals surface area contributed by atoms with Crippen LogP contribution in [0.25, 0.3) is 21.8 Å². The molecule has 0 fully saturated rings. The molecule has 130 valence electrons. The zero-order valence-electron chi connectivity index (χ0n) is 13.5. The van der Waals surface area contributed by atoms with E-state index >= 15 is 0 Å². The summed E-state index contributed by atoms with van der Waals surface area (Å²) in [5.41, 5.74) is 1.72. The number of hydrogen-bond donors (Lipinski definition) is 3. The van der Waals surface area contributed by atoms with Crippen LogP contribution in [-0.2, 0) is 4.79 Å². The molecular formula is C19H14ClN3O2S. The zero-order valence-corrected chi connectivity index (χ0v) is 15.1. The molecule has 3 aromatic carbocycles. The molecule has 3 N–H and O–H groups in total. The lowest BCUT2D eigenvalue weighted by atomic mass is 10.1. The SMILES string of the molecule is O=C(CSc1cccc2cccc(Cl)c12)Nc1ccc2[nH]c(=O)[nH]c2c1.